The van der Waals surface area contributed by atoms with Crippen LogP contribution in [0.15, 0.2) is 30.6 Å². The van der Waals surface area contributed by atoms with E-state index >= 15 is 0 Å². The van der Waals surface area contributed by atoms with Crippen LogP contribution in [-0.2, 0) is 32.5 Å². The highest BCUT2D eigenvalue weighted by atomic mass is 31.2. The van der Waals surface area contributed by atoms with Gasteiger partial charge in [-0.05, 0) is 44.4 Å². The summed E-state index contributed by atoms with van der Waals surface area (Å²) in [7, 11) is -0.388. The summed E-state index contributed by atoms with van der Waals surface area (Å²) in [5.41, 5.74) is 1.36. The van der Waals surface area contributed by atoms with Gasteiger partial charge in [0.1, 0.15) is 17.1 Å². The topological polar surface area (TPSA) is 148 Å². The summed E-state index contributed by atoms with van der Waals surface area (Å²) in [4.78, 5) is 27.0. The lowest BCUT2D eigenvalue weighted by Gasteiger charge is -2.32. The van der Waals surface area contributed by atoms with Crippen LogP contribution in [0.4, 0.5) is 36.3 Å². The van der Waals surface area contributed by atoms with Crippen molar-refractivity contribution in [2.24, 2.45) is 0 Å². The first-order valence-corrected chi connectivity index (χ1v) is 16.1. The Morgan fingerprint density at radius 2 is 1.80 bits per heavy atom. The fourth-order valence-electron chi connectivity index (χ4n) is 5.40. The van der Waals surface area contributed by atoms with Crippen LogP contribution in [0.5, 0.6) is 5.75 Å². The molecule has 1 fully saturated rings. The third-order valence-electron chi connectivity index (χ3n) is 7.56. The van der Waals surface area contributed by atoms with Gasteiger partial charge >= 0.3 is 13.8 Å². The van der Waals surface area contributed by atoms with E-state index in [1.54, 1.807) is 39.1 Å². The van der Waals surface area contributed by atoms with E-state index in [1.807, 2.05) is 0 Å². The van der Waals surface area contributed by atoms with Crippen molar-refractivity contribution in [1.29, 1.82) is 0 Å². The lowest BCUT2D eigenvalue weighted by atomic mass is 9.78. The van der Waals surface area contributed by atoms with Crippen molar-refractivity contribution >= 4 is 36.6 Å². The van der Waals surface area contributed by atoms with Crippen molar-refractivity contribution in [2.45, 2.75) is 57.6 Å². The molecule has 3 N–H and O–H groups in total. The first-order chi connectivity index (χ1) is 21.4. The lowest BCUT2D eigenvalue weighted by Crippen LogP contribution is -2.28. The van der Waals surface area contributed by atoms with Gasteiger partial charge in [-0.15, -0.1) is 0 Å². The number of aliphatic hydroxyl groups is 1. The molecular weight excluding hydrogens is 616 g/mol. The van der Waals surface area contributed by atoms with Crippen LogP contribution in [0.3, 0.4) is 0 Å². The monoisotopic (exact) mass is 650 g/mol. The van der Waals surface area contributed by atoms with Gasteiger partial charge in [-0.1, -0.05) is 6.07 Å². The number of amides is 1. The van der Waals surface area contributed by atoms with Crippen molar-refractivity contribution in [3.8, 4) is 5.75 Å². The van der Waals surface area contributed by atoms with Crippen LogP contribution in [0.1, 0.15) is 65.3 Å². The molecule has 5 rings (SSSR count). The molecule has 0 saturated heterocycles. The van der Waals surface area contributed by atoms with E-state index in [1.165, 1.54) is 18.2 Å². The number of anilines is 4. The largest absolute Gasteiger partial charge is 0.495 e. The zero-order valence-electron chi connectivity index (χ0n) is 25.1. The lowest BCUT2D eigenvalue weighted by molar-refractivity contribution is -0.137. The second-order valence-electron chi connectivity index (χ2n) is 10.7. The second-order valence-corrected chi connectivity index (χ2v) is 12.8. The molecule has 12 nitrogen and oxygen atoms in total. The summed E-state index contributed by atoms with van der Waals surface area (Å²) >= 11 is 0. The number of fused-ring (bicyclic) bond motifs is 1. The van der Waals surface area contributed by atoms with Crippen molar-refractivity contribution < 1.29 is 41.4 Å². The van der Waals surface area contributed by atoms with Gasteiger partial charge < -0.3 is 34.4 Å². The van der Waals surface area contributed by atoms with Crippen LogP contribution in [-0.4, -0.2) is 64.3 Å². The van der Waals surface area contributed by atoms with Crippen molar-refractivity contribution in [1.82, 2.24) is 19.9 Å². The molecule has 0 unspecified atom stereocenters. The molecule has 1 amide bonds. The predicted octanol–water partition coefficient (Wildman–Crippen LogP) is 5.98. The number of aromatic nitrogens is 3. The Morgan fingerprint density at radius 1 is 1.09 bits per heavy atom. The zero-order valence-corrected chi connectivity index (χ0v) is 26.0. The molecule has 2 aromatic heterocycles. The molecule has 16 heteroatoms. The quantitative estimate of drug-likeness (QED) is 0.199. The maximum absolute atomic E-state index is 14.1. The van der Waals surface area contributed by atoms with Crippen LogP contribution in [0.2, 0.25) is 0 Å². The van der Waals surface area contributed by atoms with Gasteiger partial charge in [-0.2, -0.15) is 18.2 Å². The first-order valence-electron chi connectivity index (χ1n) is 14.3. The average Bonchev–Trinajstić information content (AvgIpc) is 3.26. The smallest absolute Gasteiger partial charge is 0.421 e. The Balaban J connectivity index is 1.46. The third kappa shape index (κ3) is 6.91. The molecule has 3 heterocycles. The van der Waals surface area contributed by atoms with Crippen LogP contribution in [0.25, 0.3) is 0 Å². The molecular formula is C29H34F3N6O6P. The van der Waals surface area contributed by atoms with Crippen LogP contribution >= 0.6 is 7.60 Å². The maximum atomic E-state index is 14.1. The van der Waals surface area contributed by atoms with E-state index in [-0.39, 0.29) is 60.7 Å². The summed E-state index contributed by atoms with van der Waals surface area (Å²) in [5, 5.41) is 15.4. The maximum Gasteiger partial charge on any atom is 0.421 e. The van der Waals surface area contributed by atoms with Gasteiger partial charge in [-0.25, -0.2) is 4.98 Å². The van der Waals surface area contributed by atoms with Gasteiger partial charge in [0.25, 0.3) is 5.91 Å². The Hall–Kier alpha value is -3.78. The number of halogens is 3. The highest BCUT2D eigenvalue weighted by Gasteiger charge is 2.39. The number of nitrogens with one attached hydrogen (secondary N) is 2. The minimum Gasteiger partial charge on any atom is -0.495 e. The number of carbonyl (C=O) groups is 1. The highest BCUT2D eigenvalue weighted by Crippen LogP contribution is 2.52. The molecule has 0 atom stereocenters. The van der Waals surface area contributed by atoms with E-state index in [9.17, 15) is 27.6 Å². The number of pyridine rings is 1. The van der Waals surface area contributed by atoms with Gasteiger partial charge in [0.15, 0.2) is 0 Å². The fourth-order valence-corrected chi connectivity index (χ4v) is 7.09. The Labute approximate surface area is 257 Å². The molecule has 242 valence electrons. The Kier molecular flexibility index (Phi) is 9.36. The van der Waals surface area contributed by atoms with Gasteiger partial charge in [-0.3, -0.25) is 14.3 Å². The summed E-state index contributed by atoms with van der Waals surface area (Å²) in [5.74, 6) is -0.867. The molecule has 3 aromatic rings. The molecule has 1 aliphatic heterocycles. The zero-order chi connectivity index (χ0) is 32.5. The number of carbonyl (C=O) groups excluding carboxylic acids is 1. The Morgan fingerprint density at radius 3 is 2.42 bits per heavy atom. The number of methoxy groups -OCH3 is 1. The fraction of sp³-hybridized carbons (Fsp3) is 0.448. The minimum atomic E-state index is -4.81. The van der Waals surface area contributed by atoms with Crippen LogP contribution in [0, 0.1) is 0 Å². The van der Waals surface area contributed by atoms with Gasteiger partial charge in [0.2, 0.25) is 5.95 Å². The second kappa shape index (κ2) is 12.9. The van der Waals surface area contributed by atoms with Crippen LogP contribution < -0.4 is 15.4 Å². The number of hydrogen-bond donors (Lipinski definition) is 3. The number of nitrogens with zero attached hydrogens (tertiary/aromatic N) is 4. The molecule has 1 saturated carbocycles. The SMILES string of the molecule is CCOP(=O)(Cc1ccc(Nc2ncc(C(F)(F)F)c(Nc3cnc([C@H]4C[C@@H](O)C4)c4c3C(=O)N(C)C4)n2)c(OC)c1)OCC. The normalized spacial score (nSPS) is 18.0. The van der Waals surface area contributed by atoms with Gasteiger partial charge in [0, 0.05) is 37.0 Å². The predicted molar refractivity (Wildman–Crippen MR) is 159 cm³/mol. The van der Waals surface area contributed by atoms with Gasteiger partial charge in [0.05, 0.1) is 55.7 Å². The van der Waals surface area contributed by atoms with E-state index in [2.05, 4.69) is 25.6 Å². The summed E-state index contributed by atoms with van der Waals surface area (Å²) < 4.78 is 71.4. The molecule has 1 aromatic carbocycles. The first kappa shape index (κ1) is 32.6. The van der Waals surface area contributed by atoms with E-state index < -0.39 is 31.3 Å². The standard InChI is InChI=1S/C29H34F3N6O6P/c1-5-43-45(41,44-6-2)15-16-7-8-21(23(9-16)42-4)36-28-34-12-20(29(30,31)32)26(37-28)35-22-13-33-25(17-10-18(39)11-17)19-14-38(3)27(40)24(19)22/h7-9,12-13,17-18,39H,5-6,10-11,14-15H2,1-4H3,(H2,34,35,36,37)/t17-,18+. The number of aliphatic hydroxyl groups excluding tert-OH is 1. The Bertz CT molecular complexity index is 1620. The number of ether oxygens (including phenoxy) is 1. The highest BCUT2D eigenvalue weighted by molar-refractivity contribution is 7.53. The van der Waals surface area contributed by atoms with E-state index in [0.29, 0.717) is 41.5 Å². The van der Waals surface area contributed by atoms with Crippen molar-refractivity contribution in [3.05, 3.63) is 58.5 Å². The summed E-state index contributed by atoms with van der Waals surface area (Å²) in [6.45, 7) is 4.08. The third-order valence-corrected chi connectivity index (χ3v) is 9.61. The summed E-state index contributed by atoms with van der Waals surface area (Å²) in [6.07, 6.45) is -2.28. The average molecular weight is 651 g/mol. The molecule has 2 aliphatic rings. The van der Waals surface area contributed by atoms with E-state index in [0.717, 1.165) is 0 Å². The molecule has 0 radical (unpaired) electrons. The molecule has 0 spiro atoms. The molecule has 1 aliphatic carbocycles. The van der Waals surface area contributed by atoms with E-state index in [4.69, 9.17) is 13.8 Å². The number of benzene rings is 1. The van der Waals surface area contributed by atoms with Crippen molar-refractivity contribution in [2.75, 3.05) is 38.0 Å². The minimum absolute atomic E-state index is 0.0114. The number of hydrogen-bond acceptors (Lipinski definition) is 11. The molecule has 0 bridgehead atoms. The number of alkyl halides is 3. The molecule has 45 heavy (non-hydrogen) atoms. The van der Waals surface area contributed by atoms with Crippen molar-refractivity contribution in [3.63, 3.8) is 0 Å². The summed E-state index contributed by atoms with van der Waals surface area (Å²) in [6, 6.07) is 4.85. The number of rotatable bonds is 12.